The lowest BCUT2D eigenvalue weighted by Crippen LogP contribution is -2.16. The Kier molecular flexibility index (Phi) is 9.14. The third-order valence-corrected chi connectivity index (χ3v) is 2.89. The highest BCUT2D eigenvalue weighted by Gasteiger charge is 1.99. The van der Waals surface area contributed by atoms with E-state index >= 15 is 0 Å². The molecule has 7 heteroatoms. The number of benzene rings is 2. The monoisotopic (exact) mass is 348 g/mol. The first kappa shape index (κ1) is 20.0. The number of rotatable bonds is 6. The van der Waals surface area contributed by atoms with Gasteiger partial charge >= 0.3 is 6.09 Å². The molecule has 0 heterocycles. The molecule has 0 unspecified atom stereocenters. The van der Waals surface area contributed by atoms with Crippen molar-refractivity contribution in [3.8, 4) is 11.5 Å². The van der Waals surface area contributed by atoms with E-state index in [1.165, 1.54) is 30.5 Å². The second-order valence-electron chi connectivity index (χ2n) is 4.89. The summed E-state index contributed by atoms with van der Waals surface area (Å²) in [7, 11) is 0. The van der Waals surface area contributed by atoms with Crippen LogP contribution in [0.1, 0.15) is 25.3 Å². The first-order valence-electron chi connectivity index (χ1n) is 7.68. The van der Waals surface area contributed by atoms with Crippen molar-refractivity contribution >= 4 is 12.3 Å². The molecule has 0 saturated heterocycles. The molecular weight excluding hydrogens is 327 g/mol. The molecule has 2 aromatic rings. The molecule has 0 fully saturated rings. The minimum absolute atomic E-state index is 0.296. The van der Waals surface area contributed by atoms with Crippen molar-refractivity contribution in [2.75, 3.05) is 6.61 Å². The standard InChI is InChI=1S/C11H15NO3.C7H6FNO/c1-2-3-8-14-9-4-6-10(7-5-9)15-11(12)13;8-7-3-1-6(2-4-7)5-9-10/h4-7H,2-3,8H2,1H3,(H2,12,13);1-5,10H. The van der Waals surface area contributed by atoms with Gasteiger partial charge < -0.3 is 20.4 Å². The van der Waals surface area contributed by atoms with Gasteiger partial charge in [-0.1, -0.05) is 30.6 Å². The van der Waals surface area contributed by atoms with Crippen LogP contribution in [0.4, 0.5) is 9.18 Å². The Morgan fingerprint density at radius 2 is 1.76 bits per heavy atom. The van der Waals surface area contributed by atoms with Gasteiger partial charge in [0, 0.05) is 0 Å². The number of halogens is 1. The average molecular weight is 348 g/mol. The maximum absolute atomic E-state index is 12.2. The minimum Gasteiger partial charge on any atom is -0.494 e. The van der Waals surface area contributed by atoms with E-state index in [4.69, 9.17) is 15.7 Å². The van der Waals surface area contributed by atoms with E-state index in [1.54, 1.807) is 24.3 Å². The largest absolute Gasteiger partial charge is 0.494 e. The van der Waals surface area contributed by atoms with E-state index < -0.39 is 6.09 Å². The molecule has 2 aromatic carbocycles. The van der Waals surface area contributed by atoms with Gasteiger partial charge in [-0.05, 0) is 48.4 Å². The van der Waals surface area contributed by atoms with Gasteiger partial charge in [0.2, 0.25) is 0 Å². The number of nitrogens with two attached hydrogens (primary N) is 1. The van der Waals surface area contributed by atoms with Crippen molar-refractivity contribution in [1.82, 2.24) is 0 Å². The lowest BCUT2D eigenvalue weighted by Gasteiger charge is -2.05. The highest BCUT2D eigenvalue weighted by atomic mass is 19.1. The van der Waals surface area contributed by atoms with Crippen LogP contribution < -0.4 is 15.2 Å². The Labute approximate surface area is 145 Å². The van der Waals surface area contributed by atoms with E-state index in [9.17, 15) is 9.18 Å². The third kappa shape index (κ3) is 8.95. The van der Waals surface area contributed by atoms with Crippen LogP contribution in [-0.4, -0.2) is 24.1 Å². The Hall–Kier alpha value is -3.09. The maximum Gasteiger partial charge on any atom is 0.409 e. The molecule has 0 aromatic heterocycles. The average Bonchev–Trinajstić information content (AvgIpc) is 2.59. The third-order valence-electron chi connectivity index (χ3n) is 2.89. The highest BCUT2D eigenvalue weighted by Crippen LogP contribution is 2.17. The molecule has 0 aliphatic heterocycles. The zero-order valence-corrected chi connectivity index (χ0v) is 13.9. The molecular formula is C18H21FN2O4. The quantitative estimate of drug-likeness (QED) is 0.358. The summed E-state index contributed by atoms with van der Waals surface area (Å²) in [6, 6.07) is 12.4. The molecule has 0 saturated carbocycles. The van der Waals surface area contributed by atoms with Gasteiger partial charge in [-0.2, -0.15) is 0 Å². The SMILES string of the molecule is CCCCOc1ccc(OC(N)=O)cc1.ON=Cc1ccc(F)cc1. The molecule has 0 radical (unpaired) electrons. The summed E-state index contributed by atoms with van der Waals surface area (Å²) >= 11 is 0. The van der Waals surface area contributed by atoms with Crippen LogP contribution in [0.5, 0.6) is 11.5 Å². The number of nitrogens with zero attached hydrogens (tertiary/aromatic N) is 1. The van der Waals surface area contributed by atoms with Crippen molar-refractivity contribution in [3.05, 3.63) is 59.9 Å². The Bertz CT molecular complexity index is 658. The molecule has 1 amide bonds. The van der Waals surface area contributed by atoms with Gasteiger partial charge in [-0.3, -0.25) is 0 Å². The molecule has 134 valence electrons. The van der Waals surface area contributed by atoms with Crippen LogP contribution in [0, 0.1) is 5.82 Å². The summed E-state index contributed by atoms with van der Waals surface area (Å²) in [6.45, 7) is 2.81. The number of hydrogen-bond donors (Lipinski definition) is 2. The van der Waals surface area contributed by atoms with Gasteiger partial charge in [0.25, 0.3) is 0 Å². The topological polar surface area (TPSA) is 94.1 Å². The summed E-state index contributed by atoms with van der Waals surface area (Å²) < 4.78 is 22.3. The van der Waals surface area contributed by atoms with E-state index in [-0.39, 0.29) is 5.82 Å². The molecule has 0 aliphatic carbocycles. The lowest BCUT2D eigenvalue weighted by molar-refractivity contribution is 0.210. The summed E-state index contributed by atoms with van der Waals surface area (Å²) in [4.78, 5) is 10.4. The fourth-order valence-electron chi connectivity index (χ4n) is 1.67. The fourth-order valence-corrected chi connectivity index (χ4v) is 1.67. The van der Waals surface area contributed by atoms with Gasteiger partial charge in [0.1, 0.15) is 17.3 Å². The molecule has 3 N–H and O–H groups in total. The van der Waals surface area contributed by atoms with Crippen LogP contribution in [-0.2, 0) is 0 Å². The Morgan fingerprint density at radius 1 is 1.16 bits per heavy atom. The molecule has 2 rings (SSSR count). The van der Waals surface area contributed by atoms with Crippen LogP contribution in [0.15, 0.2) is 53.7 Å². The number of unbranched alkanes of at least 4 members (excludes halogenated alkanes) is 1. The minimum atomic E-state index is -0.811. The first-order chi connectivity index (χ1) is 12.0. The van der Waals surface area contributed by atoms with Gasteiger partial charge in [0.15, 0.2) is 0 Å². The summed E-state index contributed by atoms with van der Waals surface area (Å²) in [6.07, 6.45) is 2.55. The predicted octanol–water partition coefficient (Wildman–Crippen LogP) is 3.96. The van der Waals surface area contributed by atoms with E-state index in [1.807, 2.05) is 0 Å². The summed E-state index contributed by atoms with van der Waals surface area (Å²) in [5.41, 5.74) is 5.54. The predicted molar refractivity (Wildman–Crippen MR) is 92.8 cm³/mol. The van der Waals surface area contributed by atoms with Gasteiger partial charge in [0.05, 0.1) is 12.8 Å². The maximum atomic E-state index is 12.2. The molecule has 0 bridgehead atoms. The number of primary amides is 1. The second kappa shape index (κ2) is 11.4. The first-order valence-corrected chi connectivity index (χ1v) is 7.68. The van der Waals surface area contributed by atoms with Crippen LogP contribution in [0.2, 0.25) is 0 Å². The van der Waals surface area contributed by atoms with Gasteiger partial charge in [-0.15, -0.1) is 0 Å². The zero-order chi connectivity index (χ0) is 18.5. The number of amides is 1. The number of hydrogen-bond acceptors (Lipinski definition) is 5. The highest BCUT2D eigenvalue weighted by molar-refractivity contribution is 5.78. The van der Waals surface area contributed by atoms with Crippen molar-refractivity contribution in [2.24, 2.45) is 10.9 Å². The lowest BCUT2D eigenvalue weighted by atomic mass is 10.2. The van der Waals surface area contributed by atoms with Crippen LogP contribution in [0.25, 0.3) is 0 Å². The van der Waals surface area contributed by atoms with Crippen molar-refractivity contribution < 1.29 is 23.9 Å². The van der Waals surface area contributed by atoms with E-state index in [0.29, 0.717) is 17.9 Å². The smallest absolute Gasteiger partial charge is 0.409 e. The van der Waals surface area contributed by atoms with Crippen molar-refractivity contribution in [1.29, 1.82) is 0 Å². The molecule has 0 spiro atoms. The Balaban J connectivity index is 0.000000271. The fraction of sp³-hybridized carbons (Fsp3) is 0.222. The van der Waals surface area contributed by atoms with Gasteiger partial charge in [-0.25, -0.2) is 9.18 Å². The van der Waals surface area contributed by atoms with Crippen LogP contribution in [0.3, 0.4) is 0 Å². The second-order valence-corrected chi connectivity index (χ2v) is 4.89. The molecule has 0 aliphatic rings. The number of carbonyl (C=O) groups excluding carboxylic acids is 1. The molecule has 0 atom stereocenters. The summed E-state index contributed by atoms with van der Waals surface area (Å²) in [5.74, 6) is 0.890. The van der Waals surface area contributed by atoms with Crippen molar-refractivity contribution in [2.45, 2.75) is 19.8 Å². The normalized spacial score (nSPS) is 10.0. The Morgan fingerprint density at radius 3 is 2.28 bits per heavy atom. The van der Waals surface area contributed by atoms with Crippen LogP contribution >= 0.6 is 0 Å². The van der Waals surface area contributed by atoms with E-state index in [0.717, 1.165) is 18.6 Å². The molecule has 6 nitrogen and oxygen atoms in total. The number of ether oxygens (including phenoxy) is 2. The zero-order valence-electron chi connectivity index (χ0n) is 13.9. The van der Waals surface area contributed by atoms with Crippen molar-refractivity contribution in [3.63, 3.8) is 0 Å². The number of oxime groups is 1. The van der Waals surface area contributed by atoms with E-state index in [2.05, 4.69) is 16.8 Å². The number of carbonyl (C=O) groups is 1. The summed E-state index contributed by atoms with van der Waals surface area (Å²) in [5, 5.41) is 10.9. The molecule has 25 heavy (non-hydrogen) atoms.